The van der Waals surface area contributed by atoms with Gasteiger partial charge in [-0.25, -0.2) is 22.9 Å². The van der Waals surface area contributed by atoms with Crippen LogP contribution in [0.1, 0.15) is 26.2 Å². The number of thiazole rings is 1. The number of benzene rings is 1. The number of fused-ring (bicyclic) bond motifs is 1. The highest BCUT2D eigenvalue weighted by atomic mass is 32.2. The van der Waals surface area contributed by atoms with E-state index in [4.69, 9.17) is 4.74 Å². The van der Waals surface area contributed by atoms with Crippen LogP contribution in [0.25, 0.3) is 10.2 Å². The second-order valence-corrected chi connectivity index (χ2v) is 10.8. The van der Waals surface area contributed by atoms with Gasteiger partial charge < -0.3 is 9.64 Å². The van der Waals surface area contributed by atoms with Crippen molar-refractivity contribution in [3.8, 4) is 0 Å². The van der Waals surface area contributed by atoms with Crippen molar-refractivity contribution in [3.63, 3.8) is 0 Å². The number of carbonyl (C=O) groups excluding carboxylic acids is 1. The fraction of sp³-hybridized carbons (Fsp3) is 0.556. The molecule has 3 rings (SSSR count). The van der Waals surface area contributed by atoms with Crippen LogP contribution in [0.4, 0.5) is 4.79 Å². The molecule has 1 amide bonds. The number of thioether (sulfide) groups is 1. The van der Waals surface area contributed by atoms with E-state index in [1.54, 1.807) is 34.9 Å². The molecule has 10 heteroatoms. The van der Waals surface area contributed by atoms with E-state index in [2.05, 4.69) is 9.71 Å². The van der Waals surface area contributed by atoms with Gasteiger partial charge in [-0.1, -0.05) is 23.9 Å². The summed E-state index contributed by atoms with van der Waals surface area (Å²) in [4.78, 5) is 17.9. The fourth-order valence-corrected chi connectivity index (χ4v) is 6.68. The van der Waals surface area contributed by atoms with Gasteiger partial charge in [0.2, 0.25) is 10.0 Å². The number of rotatable bonds is 8. The molecule has 1 aliphatic heterocycles. The lowest BCUT2D eigenvalue weighted by atomic mass is 10.1. The Morgan fingerprint density at radius 3 is 2.82 bits per heavy atom. The number of hydrogen-bond acceptors (Lipinski definition) is 7. The molecule has 1 saturated heterocycles. The molecule has 2 aromatic rings. The summed E-state index contributed by atoms with van der Waals surface area (Å²) in [7, 11) is -3.32. The van der Waals surface area contributed by atoms with E-state index >= 15 is 0 Å². The number of ether oxygens (including phenoxy) is 1. The normalized spacial score (nSPS) is 15.8. The number of likely N-dealkylation sites (tertiary alicyclic amines) is 1. The summed E-state index contributed by atoms with van der Waals surface area (Å²) in [6.45, 7) is 3.15. The number of sulfonamides is 1. The van der Waals surface area contributed by atoms with Gasteiger partial charge in [0.05, 0.1) is 22.6 Å². The Morgan fingerprint density at radius 2 is 2.11 bits per heavy atom. The second-order valence-electron chi connectivity index (χ2n) is 6.55. The van der Waals surface area contributed by atoms with Gasteiger partial charge >= 0.3 is 6.09 Å². The molecular weight excluding hydrogens is 418 g/mol. The van der Waals surface area contributed by atoms with Crippen LogP contribution >= 0.6 is 23.1 Å². The maximum atomic E-state index is 12.3. The zero-order valence-electron chi connectivity index (χ0n) is 15.8. The summed E-state index contributed by atoms with van der Waals surface area (Å²) < 4.78 is 34.5. The number of nitrogens with one attached hydrogen (secondary N) is 1. The molecule has 28 heavy (non-hydrogen) atoms. The van der Waals surface area contributed by atoms with Crippen molar-refractivity contribution in [2.24, 2.45) is 0 Å². The minimum Gasteiger partial charge on any atom is -0.450 e. The van der Waals surface area contributed by atoms with E-state index in [0.717, 1.165) is 14.6 Å². The summed E-state index contributed by atoms with van der Waals surface area (Å²) in [6, 6.07) is 7.86. The molecule has 0 bridgehead atoms. The first kappa shape index (κ1) is 21.4. The number of para-hydroxylation sites is 1. The Balaban J connectivity index is 1.38. The van der Waals surface area contributed by atoms with Gasteiger partial charge in [0, 0.05) is 24.9 Å². The molecule has 7 nitrogen and oxygen atoms in total. The summed E-state index contributed by atoms with van der Waals surface area (Å²) in [5.74, 6) is 0.811. The minimum atomic E-state index is -3.32. The van der Waals surface area contributed by atoms with Gasteiger partial charge in [0.15, 0.2) is 4.34 Å². The van der Waals surface area contributed by atoms with Crippen molar-refractivity contribution < 1.29 is 17.9 Å². The molecule has 0 atom stereocenters. The largest absolute Gasteiger partial charge is 0.450 e. The average molecular weight is 444 g/mol. The van der Waals surface area contributed by atoms with E-state index < -0.39 is 10.0 Å². The molecule has 2 heterocycles. The summed E-state index contributed by atoms with van der Waals surface area (Å²) in [5.41, 5.74) is 0.985. The maximum absolute atomic E-state index is 12.3. The van der Waals surface area contributed by atoms with Gasteiger partial charge in [-0.15, -0.1) is 11.3 Å². The van der Waals surface area contributed by atoms with Crippen molar-refractivity contribution in [1.82, 2.24) is 14.6 Å². The molecule has 1 aromatic carbocycles. The van der Waals surface area contributed by atoms with E-state index in [0.29, 0.717) is 44.7 Å². The first-order valence-electron chi connectivity index (χ1n) is 9.37. The molecule has 0 saturated carbocycles. The number of piperidine rings is 1. The first-order chi connectivity index (χ1) is 13.5. The predicted molar refractivity (Wildman–Crippen MR) is 114 cm³/mol. The predicted octanol–water partition coefficient (Wildman–Crippen LogP) is 3.32. The van der Waals surface area contributed by atoms with Crippen LogP contribution < -0.4 is 4.72 Å². The van der Waals surface area contributed by atoms with Crippen LogP contribution in [-0.2, 0) is 14.8 Å². The Labute approximate surface area is 173 Å². The zero-order valence-corrected chi connectivity index (χ0v) is 18.2. The van der Waals surface area contributed by atoms with Crippen LogP contribution in [-0.4, -0.2) is 61.6 Å². The van der Waals surface area contributed by atoms with Crippen molar-refractivity contribution in [1.29, 1.82) is 0 Å². The third kappa shape index (κ3) is 6.07. The Kier molecular flexibility index (Phi) is 7.55. The van der Waals surface area contributed by atoms with Gasteiger partial charge in [-0.05, 0) is 38.3 Å². The van der Waals surface area contributed by atoms with Crippen molar-refractivity contribution >= 4 is 49.4 Å². The average Bonchev–Trinajstić information content (AvgIpc) is 3.08. The van der Waals surface area contributed by atoms with Crippen LogP contribution in [0.15, 0.2) is 28.6 Å². The van der Waals surface area contributed by atoms with Gasteiger partial charge in [-0.2, -0.15) is 0 Å². The molecule has 1 N–H and O–H groups in total. The van der Waals surface area contributed by atoms with Crippen LogP contribution in [0, 0.1) is 0 Å². The van der Waals surface area contributed by atoms with Crippen LogP contribution in [0.5, 0.6) is 0 Å². The molecule has 0 aliphatic carbocycles. The molecule has 0 radical (unpaired) electrons. The first-order valence-corrected chi connectivity index (χ1v) is 12.8. The Bertz CT molecular complexity index is 859. The molecule has 154 valence electrons. The third-order valence-electron chi connectivity index (χ3n) is 4.42. The minimum absolute atomic E-state index is 0.100. The number of aromatic nitrogens is 1. The second kappa shape index (κ2) is 9.91. The topological polar surface area (TPSA) is 88.6 Å². The van der Waals surface area contributed by atoms with Gasteiger partial charge in [0.25, 0.3) is 0 Å². The molecule has 1 fully saturated rings. The molecule has 0 unspecified atom stereocenters. The number of hydrogen-bond donors (Lipinski definition) is 1. The SMILES string of the molecule is CCOC(=O)N1CCC(NS(=O)(=O)CCCSc2nc3ccccc3s2)CC1. The number of nitrogens with zero attached hydrogens (tertiary/aromatic N) is 2. The molecule has 1 aliphatic rings. The monoisotopic (exact) mass is 443 g/mol. The standard InChI is InChI=1S/C18H25N3O4S3/c1-2-25-18(22)21-10-8-14(9-11-21)20-28(23,24)13-5-12-26-17-19-15-6-3-4-7-16(15)27-17/h3-4,6-7,14,20H,2,5,8-13H2,1H3. The van der Waals surface area contributed by atoms with Crippen molar-refractivity contribution in [2.45, 2.75) is 36.6 Å². The lowest BCUT2D eigenvalue weighted by molar-refractivity contribution is 0.0966. The van der Waals surface area contributed by atoms with E-state index in [9.17, 15) is 13.2 Å². The highest BCUT2D eigenvalue weighted by molar-refractivity contribution is 8.01. The van der Waals surface area contributed by atoms with E-state index in [1.165, 1.54) is 0 Å². The smallest absolute Gasteiger partial charge is 0.409 e. The van der Waals surface area contributed by atoms with Crippen molar-refractivity contribution in [3.05, 3.63) is 24.3 Å². The quantitative estimate of drug-likeness (QED) is 0.497. The lowest BCUT2D eigenvalue weighted by Gasteiger charge is -2.31. The third-order valence-corrected chi connectivity index (χ3v) is 8.21. The van der Waals surface area contributed by atoms with Crippen LogP contribution in [0.3, 0.4) is 0 Å². The fourth-order valence-electron chi connectivity index (χ4n) is 3.03. The number of carbonyl (C=O) groups is 1. The summed E-state index contributed by atoms with van der Waals surface area (Å²) >= 11 is 3.23. The summed E-state index contributed by atoms with van der Waals surface area (Å²) in [5, 5.41) is 0. The van der Waals surface area contributed by atoms with E-state index in [1.807, 2.05) is 24.3 Å². The molecule has 1 aromatic heterocycles. The lowest BCUT2D eigenvalue weighted by Crippen LogP contribution is -2.47. The molecular formula is C18H25N3O4S3. The Morgan fingerprint density at radius 1 is 1.36 bits per heavy atom. The van der Waals surface area contributed by atoms with Gasteiger partial charge in [0.1, 0.15) is 0 Å². The zero-order chi connectivity index (χ0) is 20.0. The number of amides is 1. The summed E-state index contributed by atoms with van der Waals surface area (Å²) in [6.07, 6.45) is 1.46. The van der Waals surface area contributed by atoms with Crippen LogP contribution in [0.2, 0.25) is 0 Å². The molecule has 0 spiro atoms. The van der Waals surface area contributed by atoms with E-state index in [-0.39, 0.29) is 17.9 Å². The maximum Gasteiger partial charge on any atom is 0.409 e. The van der Waals surface area contributed by atoms with Gasteiger partial charge in [-0.3, -0.25) is 0 Å². The Hall–Kier alpha value is -1.36. The highest BCUT2D eigenvalue weighted by Gasteiger charge is 2.26. The van der Waals surface area contributed by atoms with Crippen molar-refractivity contribution in [2.75, 3.05) is 31.2 Å². The highest BCUT2D eigenvalue weighted by Crippen LogP contribution is 2.29.